The van der Waals surface area contributed by atoms with Gasteiger partial charge in [0.2, 0.25) is 0 Å². The van der Waals surface area contributed by atoms with Crippen LogP contribution in [0.3, 0.4) is 0 Å². The van der Waals surface area contributed by atoms with Crippen LogP contribution in [0.1, 0.15) is 82.1 Å². The predicted octanol–water partition coefficient (Wildman–Crippen LogP) is 5.91. The van der Waals surface area contributed by atoms with Gasteiger partial charge in [-0.1, -0.05) is 82.1 Å². The normalized spacial score (nSPS) is 7.85. The number of hydrogen-bond acceptors (Lipinski definition) is 0. The van der Waals surface area contributed by atoms with Crippen molar-refractivity contribution < 1.29 is 0 Å². The minimum Gasteiger partial charge on any atom is -0.0683 e. The molecular formula is C13H34. The highest BCUT2D eigenvalue weighted by Crippen LogP contribution is 2.16. The van der Waals surface area contributed by atoms with Crippen LogP contribution in [0.15, 0.2) is 0 Å². The summed E-state index contributed by atoms with van der Waals surface area (Å²) in [7, 11) is 0. The fraction of sp³-hybridized carbons (Fsp3) is 1.00. The second-order valence-corrected chi connectivity index (χ2v) is 3.62. The molecule has 0 aliphatic carbocycles. The van der Waals surface area contributed by atoms with Crippen LogP contribution in [-0.4, -0.2) is 0 Å². The Morgan fingerprint density at radius 1 is 0.692 bits per heavy atom. The van der Waals surface area contributed by atoms with E-state index in [2.05, 4.69) is 41.5 Å². The third-order valence-electron chi connectivity index (χ3n) is 1.06. The van der Waals surface area contributed by atoms with E-state index in [1.54, 1.807) is 0 Å². The van der Waals surface area contributed by atoms with Gasteiger partial charge in [-0.3, -0.25) is 0 Å². The van der Waals surface area contributed by atoms with Crippen LogP contribution in [0, 0.1) is 5.41 Å². The van der Waals surface area contributed by atoms with Gasteiger partial charge >= 0.3 is 0 Å². The molecule has 0 spiro atoms. The second-order valence-electron chi connectivity index (χ2n) is 3.62. The first-order valence-corrected chi connectivity index (χ1v) is 5.97. The van der Waals surface area contributed by atoms with Gasteiger partial charge in [-0.15, -0.1) is 0 Å². The monoisotopic (exact) mass is 190 g/mol. The summed E-state index contributed by atoms with van der Waals surface area (Å²) in [4.78, 5) is 0. The maximum Gasteiger partial charge on any atom is -0.0385 e. The summed E-state index contributed by atoms with van der Waals surface area (Å²) in [6, 6.07) is 0. The first kappa shape index (κ1) is 23.1. The molecule has 0 saturated heterocycles. The molecule has 0 aromatic carbocycles. The van der Waals surface area contributed by atoms with Crippen LogP contribution in [0.25, 0.3) is 0 Å². The summed E-state index contributed by atoms with van der Waals surface area (Å²) in [6.45, 7) is 21.2. The molecule has 0 aromatic heterocycles. The van der Waals surface area contributed by atoms with Crippen molar-refractivity contribution in [2.45, 2.75) is 82.1 Å². The van der Waals surface area contributed by atoms with E-state index in [1.165, 1.54) is 12.8 Å². The third kappa shape index (κ3) is 133. The zero-order valence-corrected chi connectivity index (χ0v) is 11.9. The number of rotatable bonds is 0. The van der Waals surface area contributed by atoms with Crippen LogP contribution in [0.2, 0.25) is 0 Å². The van der Waals surface area contributed by atoms with E-state index >= 15 is 0 Å². The van der Waals surface area contributed by atoms with Crippen molar-refractivity contribution in [3.05, 3.63) is 0 Å². The third-order valence-corrected chi connectivity index (χ3v) is 1.06. The van der Waals surface area contributed by atoms with Crippen molar-refractivity contribution >= 4 is 0 Å². The first-order chi connectivity index (χ1) is 5.97. The van der Waals surface area contributed by atoms with Gasteiger partial charge in [0.1, 0.15) is 0 Å². The second kappa shape index (κ2) is 22.7. The molecule has 0 aliphatic rings. The quantitative estimate of drug-likeness (QED) is 0.445. The Hall–Kier alpha value is 0. The summed E-state index contributed by atoms with van der Waals surface area (Å²) >= 11 is 0. The van der Waals surface area contributed by atoms with E-state index in [9.17, 15) is 0 Å². The van der Waals surface area contributed by atoms with E-state index in [-0.39, 0.29) is 0 Å². The standard InChI is InChI=1S/C6H14.C3H8.2C2H6/c1-5-6(2,3)4;1-3-2;2*1-2/h5H2,1-4H3;3H2,1-2H3;2*1-2H3. The Balaban J connectivity index is -0.0000000493. The molecule has 0 heterocycles. The van der Waals surface area contributed by atoms with E-state index in [1.807, 2.05) is 27.7 Å². The first-order valence-electron chi connectivity index (χ1n) is 5.97. The van der Waals surface area contributed by atoms with Gasteiger partial charge in [0, 0.05) is 0 Å². The lowest BCUT2D eigenvalue weighted by atomic mass is 9.94. The Kier molecular flexibility index (Phi) is 40.3. The molecule has 0 heteroatoms. The van der Waals surface area contributed by atoms with Gasteiger partial charge in [-0.25, -0.2) is 0 Å². The van der Waals surface area contributed by atoms with Crippen molar-refractivity contribution in [3.63, 3.8) is 0 Å². The highest BCUT2D eigenvalue weighted by atomic mass is 14.1. The zero-order chi connectivity index (χ0) is 11.9. The van der Waals surface area contributed by atoms with E-state index in [4.69, 9.17) is 0 Å². The molecule has 0 radical (unpaired) electrons. The average molecular weight is 190 g/mol. The molecule has 0 unspecified atom stereocenters. The lowest BCUT2D eigenvalue weighted by Gasteiger charge is -2.12. The molecule has 0 rings (SSSR count). The topological polar surface area (TPSA) is 0 Å². The molecule has 0 saturated carbocycles. The summed E-state index contributed by atoms with van der Waals surface area (Å²) < 4.78 is 0. The molecule has 0 atom stereocenters. The molecule has 0 nitrogen and oxygen atoms in total. The SMILES string of the molecule is CC.CC.CCC.CCC(C)(C)C. The van der Waals surface area contributed by atoms with Crippen molar-refractivity contribution in [2.24, 2.45) is 5.41 Å². The molecular weight excluding hydrogens is 156 g/mol. The summed E-state index contributed by atoms with van der Waals surface area (Å²) in [5, 5.41) is 0. The van der Waals surface area contributed by atoms with Crippen molar-refractivity contribution in [1.29, 1.82) is 0 Å². The molecule has 0 fully saturated rings. The molecule has 0 N–H and O–H groups in total. The van der Waals surface area contributed by atoms with Crippen LogP contribution in [-0.2, 0) is 0 Å². The molecule has 0 aromatic rings. The molecule has 0 aliphatic heterocycles. The fourth-order valence-electron chi connectivity index (χ4n) is 0. The summed E-state index contributed by atoms with van der Waals surface area (Å²) in [5.41, 5.74) is 0.542. The minimum atomic E-state index is 0.542. The van der Waals surface area contributed by atoms with Gasteiger partial charge in [0.15, 0.2) is 0 Å². The smallest absolute Gasteiger partial charge is 0.0385 e. The van der Waals surface area contributed by atoms with Crippen molar-refractivity contribution in [1.82, 2.24) is 0 Å². The van der Waals surface area contributed by atoms with Crippen LogP contribution in [0.4, 0.5) is 0 Å². The van der Waals surface area contributed by atoms with Crippen LogP contribution < -0.4 is 0 Å². The Bertz CT molecular complexity index is 38.5. The van der Waals surface area contributed by atoms with Gasteiger partial charge in [0.05, 0.1) is 0 Å². The summed E-state index contributed by atoms with van der Waals surface area (Å²) in [6.07, 6.45) is 2.52. The Morgan fingerprint density at radius 2 is 0.769 bits per heavy atom. The van der Waals surface area contributed by atoms with Gasteiger partial charge in [-0.2, -0.15) is 0 Å². The van der Waals surface area contributed by atoms with Crippen molar-refractivity contribution in [2.75, 3.05) is 0 Å². The van der Waals surface area contributed by atoms with Gasteiger partial charge < -0.3 is 0 Å². The highest BCUT2D eigenvalue weighted by molar-refractivity contribution is 4.55. The average Bonchev–Trinajstić information content (AvgIpc) is 2.12. The zero-order valence-electron chi connectivity index (χ0n) is 11.9. The molecule has 0 amide bonds. The maximum atomic E-state index is 2.24. The van der Waals surface area contributed by atoms with E-state index < -0.39 is 0 Å². The van der Waals surface area contributed by atoms with Crippen molar-refractivity contribution in [3.8, 4) is 0 Å². The number of hydrogen-bond donors (Lipinski definition) is 0. The Morgan fingerprint density at radius 3 is 0.769 bits per heavy atom. The van der Waals surface area contributed by atoms with Crippen LogP contribution in [0.5, 0.6) is 0 Å². The predicted molar refractivity (Wildman–Crippen MR) is 68.4 cm³/mol. The van der Waals surface area contributed by atoms with Gasteiger partial charge in [0.25, 0.3) is 0 Å². The molecule has 86 valence electrons. The fourth-order valence-corrected chi connectivity index (χ4v) is 0. The highest BCUT2D eigenvalue weighted by Gasteiger charge is 2.03. The summed E-state index contributed by atoms with van der Waals surface area (Å²) in [5.74, 6) is 0. The Labute approximate surface area is 88.1 Å². The lowest BCUT2D eigenvalue weighted by Crippen LogP contribution is -2.00. The van der Waals surface area contributed by atoms with E-state index in [0.29, 0.717) is 5.41 Å². The maximum absolute atomic E-state index is 2.24. The van der Waals surface area contributed by atoms with E-state index in [0.717, 1.165) is 0 Å². The minimum absolute atomic E-state index is 0.542. The largest absolute Gasteiger partial charge is 0.0683 e. The molecule has 0 bridgehead atoms. The lowest BCUT2D eigenvalue weighted by molar-refractivity contribution is 0.398. The molecule has 13 heavy (non-hydrogen) atoms. The van der Waals surface area contributed by atoms with Gasteiger partial charge in [-0.05, 0) is 5.41 Å². The van der Waals surface area contributed by atoms with Crippen LogP contribution >= 0.6 is 0 Å².